The van der Waals surface area contributed by atoms with Crippen molar-refractivity contribution in [3.63, 3.8) is 0 Å². The van der Waals surface area contributed by atoms with Gasteiger partial charge in [-0.2, -0.15) is 10.2 Å². The summed E-state index contributed by atoms with van der Waals surface area (Å²) >= 11 is 0. The number of carbonyl (C=O) groups excluding carboxylic acids is 1. The number of rotatable bonds is 11. The van der Waals surface area contributed by atoms with Crippen molar-refractivity contribution in [2.75, 3.05) is 19.0 Å². The average Bonchev–Trinajstić information content (AvgIpc) is 3.30. The van der Waals surface area contributed by atoms with Crippen LogP contribution in [0.15, 0.2) is 66.0 Å². The fourth-order valence-electron chi connectivity index (χ4n) is 2.79. The monoisotopic (exact) mass is 421 g/mol. The van der Waals surface area contributed by atoms with E-state index in [0.717, 1.165) is 17.8 Å². The first-order chi connectivity index (χ1) is 15.1. The van der Waals surface area contributed by atoms with Crippen LogP contribution in [0.1, 0.15) is 24.0 Å². The Labute approximate surface area is 181 Å². The first-order valence-corrected chi connectivity index (χ1v) is 10.0. The van der Waals surface area contributed by atoms with Crippen molar-refractivity contribution in [2.24, 2.45) is 5.10 Å². The van der Waals surface area contributed by atoms with Crippen LogP contribution in [0.3, 0.4) is 0 Å². The molecule has 2 N–H and O–H groups in total. The lowest BCUT2D eigenvalue weighted by molar-refractivity contribution is -0.121. The van der Waals surface area contributed by atoms with E-state index in [-0.39, 0.29) is 12.6 Å². The normalized spacial score (nSPS) is 10.8. The van der Waals surface area contributed by atoms with Gasteiger partial charge in [-0.05, 0) is 55.3 Å². The highest BCUT2D eigenvalue weighted by Gasteiger charge is 2.06. The molecule has 2 aromatic carbocycles. The van der Waals surface area contributed by atoms with E-state index in [2.05, 4.69) is 40.0 Å². The molecule has 0 aliphatic carbocycles. The van der Waals surface area contributed by atoms with Gasteiger partial charge in [-0.25, -0.2) is 10.1 Å². The summed E-state index contributed by atoms with van der Waals surface area (Å²) in [5, 5.41) is 11.4. The van der Waals surface area contributed by atoms with Crippen LogP contribution in [0.2, 0.25) is 0 Å². The molecule has 8 heteroatoms. The minimum Gasteiger partial charge on any atom is -0.493 e. The van der Waals surface area contributed by atoms with Crippen LogP contribution in [-0.2, 0) is 11.5 Å². The number of nitrogens with zero attached hydrogens (tertiary/aromatic N) is 3. The van der Waals surface area contributed by atoms with Gasteiger partial charge in [0, 0.05) is 31.0 Å². The Morgan fingerprint density at radius 1 is 1.19 bits per heavy atom. The molecule has 1 amide bonds. The smallest absolute Gasteiger partial charge is 0.240 e. The molecule has 0 bridgehead atoms. The number of anilines is 1. The van der Waals surface area contributed by atoms with E-state index in [9.17, 15) is 4.79 Å². The molecule has 3 aromatic rings. The maximum atomic E-state index is 12.0. The maximum Gasteiger partial charge on any atom is 0.240 e. The molecule has 0 fully saturated rings. The topological polar surface area (TPSA) is 89.8 Å². The molecular weight excluding hydrogens is 394 g/mol. The fourth-order valence-corrected chi connectivity index (χ4v) is 2.79. The number of hydrogen-bond donors (Lipinski definition) is 2. The summed E-state index contributed by atoms with van der Waals surface area (Å²) < 4.78 is 12.8. The highest BCUT2D eigenvalue weighted by molar-refractivity contribution is 5.83. The van der Waals surface area contributed by atoms with E-state index in [1.807, 2.05) is 30.5 Å². The molecule has 8 nitrogen and oxygen atoms in total. The van der Waals surface area contributed by atoms with Gasteiger partial charge in [0.2, 0.25) is 5.91 Å². The molecule has 0 atom stereocenters. The molecule has 162 valence electrons. The van der Waals surface area contributed by atoms with Gasteiger partial charge in [-0.15, -0.1) is 0 Å². The number of benzene rings is 2. The van der Waals surface area contributed by atoms with Gasteiger partial charge in [-0.1, -0.05) is 17.7 Å². The Morgan fingerprint density at radius 2 is 2.03 bits per heavy atom. The third kappa shape index (κ3) is 7.18. The predicted octanol–water partition coefficient (Wildman–Crippen LogP) is 3.58. The molecule has 31 heavy (non-hydrogen) atoms. The fraction of sp³-hybridized carbons (Fsp3) is 0.261. The van der Waals surface area contributed by atoms with Gasteiger partial charge in [0.25, 0.3) is 0 Å². The van der Waals surface area contributed by atoms with Crippen LogP contribution < -0.4 is 20.2 Å². The molecule has 0 radical (unpaired) electrons. The zero-order chi connectivity index (χ0) is 21.9. The minimum absolute atomic E-state index is 0.134. The van der Waals surface area contributed by atoms with Crippen molar-refractivity contribution in [1.29, 1.82) is 0 Å². The number of carbonyl (C=O) groups is 1. The van der Waals surface area contributed by atoms with Crippen LogP contribution in [0.4, 0.5) is 5.69 Å². The lowest BCUT2D eigenvalue weighted by Crippen LogP contribution is -2.18. The summed E-state index contributed by atoms with van der Waals surface area (Å²) in [6.45, 7) is 3.03. The van der Waals surface area contributed by atoms with Crippen LogP contribution in [0.25, 0.3) is 0 Å². The average molecular weight is 422 g/mol. The van der Waals surface area contributed by atoms with Crippen LogP contribution in [0.5, 0.6) is 11.5 Å². The number of aryl methyl sites for hydroxylation is 1. The predicted molar refractivity (Wildman–Crippen MR) is 120 cm³/mol. The zero-order valence-electron chi connectivity index (χ0n) is 17.7. The molecule has 0 unspecified atom stereocenters. The van der Waals surface area contributed by atoms with E-state index in [4.69, 9.17) is 9.47 Å². The van der Waals surface area contributed by atoms with Crippen molar-refractivity contribution in [1.82, 2.24) is 15.2 Å². The largest absolute Gasteiger partial charge is 0.493 e. The summed E-state index contributed by atoms with van der Waals surface area (Å²) in [5.41, 5.74) is 5.60. The van der Waals surface area contributed by atoms with E-state index in [1.165, 1.54) is 5.56 Å². The molecule has 0 spiro atoms. The molecule has 0 saturated carbocycles. The minimum atomic E-state index is -0.134. The molecule has 3 rings (SSSR count). The second-order valence-corrected chi connectivity index (χ2v) is 6.92. The third-order valence-corrected chi connectivity index (χ3v) is 4.46. The van der Waals surface area contributed by atoms with E-state index in [0.29, 0.717) is 24.3 Å². The Hall–Kier alpha value is -3.81. The lowest BCUT2D eigenvalue weighted by Gasteiger charge is -2.11. The SMILES string of the molecule is COc1ccc(/C=N/NC(=O)CCCNc2ccc(C)cc2)cc1OCn1cccn1. The number of aromatic nitrogens is 2. The first-order valence-electron chi connectivity index (χ1n) is 10.0. The van der Waals surface area contributed by atoms with Gasteiger partial charge in [0.1, 0.15) is 0 Å². The van der Waals surface area contributed by atoms with Crippen molar-refractivity contribution in [2.45, 2.75) is 26.5 Å². The third-order valence-electron chi connectivity index (χ3n) is 4.46. The first kappa shape index (κ1) is 21.9. The molecular formula is C23H27N5O3. The van der Waals surface area contributed by atoms with Gasteiger partial charge in [-0.3, -0.25) is 4.79 Å². The second kappa shape index (κ2) is 11.4. The van der Waals surface area contributed by atoms with Gasteiger partial charge in [0.05, 0.1) is 13.3 Å². The van der Waals surface area contributed by atoms with Crippen molar-refractivity contribution < 1.29 is 14.3 Å². The van der Waals surface area contributed by atoms with Crippen LogP contribution in [-0.4, -0.2) is 35.6 Å². The quantitative estimate of drug-likeness (QED) is 0.281. The van der Waals surface area contributed by atoms with E-state index in [1.54, 1.807) is 36.3 Å². The highest BCUT2D eigenvalue weighted by atomic mass is 16.5. The maximum absolute atomic E-state index is 12.0. The molecule has 0 aliphatic heterocycles. The van der Waals surface area contributed by atoms with Crippen LogP contribution >= 0.6 is 0 Å². The summed E-state index contributed by atoms with van der Waals surface area (Å²) in [5.74, 6) is 1.04. The Morgan fingerprint density at radius 3 is 2.77 bits per heavy atom. The molecule has 1 aromatic heterocycles. The van der Waals surface area contributed by atoms with E-state index >= 15 is 0 Å². The Kier molecular flexibility index (Phi) is 8.05. The molecule has 0 aliphatic rings. The van der Waals surface area contributed by atoms with Crippen molar-refractivity contribution >= 4 is 17.8 Å². The molecule has 0 saturated heterocycles. The van der Waals surface area contributed by atoms with Crippen molar-refractivity contribution in [3.8, 4) is 11.5 Å². The number of hydrogen-bond acceptors (Lipinski definition) is 6. The van der Waals surface area contributed by atoms with Crippen molar-refractivity contribution in [3.05, 3.63) is 72.1 Å². The number of amides is 1. The Balaban J connectivity index is 1.43. The number of nitrogens with one attached hydrogen (secondary N) is 2. The van der Waals surface area contributed by atoms with Gasteiger partial charge < -0.3 is 14.8 Å². The number of ether oxygens (including phenoxy) is 2. The summed E-state index contributed by atoms with van der Waals surface area (Å²) in [4.78, 5) is 12.0. The summed E-state index contributed by atoms with van der Waals surface area (Å²) in [7, 11) is 1.58. The van der Waals surface area contributed by atoms with Crippen LogP contribution in [0, 0.1) is 6.92 Å². The zero-order valence-corrected chi connectivity index (χ0v) is 17.7. The number of methoxy groups -OCH3 is 1. The highest BCUT2D eigenvalue weighted by Crippen LogP contribution is 2.27. The summed E-state index contributed by atoms with van der Waals surface area (Å²) in [6, 6.07) is 15.4. The van der Waals surface area contributed by atoms with Gasteiger partial charge in [0.15, 0.2) is 18.2 Å². The standard InChI is InChI=1S/C23H27N5O3/c1-18-6-9-20(10-7-18)24-12-3-5-23(29)27-25-16-19-8-11-21(30-2)22(15-19)31-17-28-14-4-13-26-28/h4,6-11,13-16,24H,3,5,12,17H2,1-2H3,(H,27,29)/b25-16+. The van der Waals surface area contributed by atoms with E-state index < -0.39 is 0 Å². The Bertz CT molecular complexity index is 985. The molecule has 1 heterocycles. The second-order valence-electron chi connectivity index (χ2n) is 6.92. The lowest BCUT2D eigenvalue weighted by atomic mass is 10.2. The summed E-state index contributed by atoms with van der Waals surface area (Å²) in [6.07, 6.45) is 6.16. The number of hydrazone groups is 1. The van der Waals surface area contributed by atoms with Gasteiger partial charge >= 0.3 is 0 Å².